The zero-order chi connectivity index (χ0) is 27.2. The third-order valence-electron chi connectivity index (χ3n) is 6.72. The fourth-order valence-electron chi connectivity index (χ4n) is 4.99. The minimum atomic E-state index is -0.877. The summed E-state index contributed by atoms with van der Waals surface area (Å²) in [4.78, 5) is 16.2. The first-order valence-corrected chi connectivity index (χ1v) is 13.4. The van der Waals surface area contributed by atoms with Gasteiger partial charge >= 0.3 is 5.97 Å². The molecule has 39 heavy (non-hydrogen) atoms. The van der Waals surface area contributed by atoms with Gasteiger partial charge in [-0.3, -0.25) is 4.79 Å². The van der Waals surface area contributed by atoms with Crippen molar-refractivity contribution in [3.05, 3.63) is 125 Å². The predicted molar refractivity (Wildman–Crippen MR) is 153 cm³/mol. The molecule has 2 aromatic heterocycles. The van der Waals surface area contributed by atoms with Gasteiger partial charge < -0.3 is 9.47 Å². The van der Waals surface area contributed by atoms with Gasteiger partial charge in [0.25, 0.3) is 0 Å². The van der Waals surface area contributed by atoms with Crippen LogP contribution in [0.5, 0.6) is 5.88 Å². The highest BCUT2D eigenvalue weighted by atomic mass is 35.5. The number of pyridine rings is 1. The maximum atomic E-state index is 11.7. The van der Waals surface area contributed by atoms with Gasteiger partial charge in [-0.05, 0) is 23.1 Å². The molecular formula is C32H30ClN3O3. The Morgan fingerprint density at radius 2 is 1.44 bits per heavy atom. The smallest absolute Gasteiger partial charge is 0.303 e. The number of hydrogen-bond acceptors (Lipinski definition) is 5. The van der Waals surface area contributed by atoms with E-state index in [2.05, 4.69) is 48.3 Å². The molecule has 6 nitrogen and oxygen atoms in total. The van der Waals surface area contributed by atoms with Gasteiger partial charge in [0.1, 0.15) is 17.3 Å². The van der Waals surface area contributed by atoms with E-state index in [9.17, 15) is 4.79 Å². The topological polar surface area (TPSA) is 66.2 Å². The number of rotatable bonds is 10. The molecule has 2 heterocycles. The summed E-state index contributed by atoms with van der Waals surface area (Å²) in [7, 11) is 0. The van der Waals surface area contributed by atoms with Gasteiger partial charge in [-0.25, -0.2) is 9.67 Å². The summed E-state index contributed by atoms with van der Waals surface area (Å²) in [5, 5.41) is 6.09. The largest absolute Gasteiger partial charge is 0.476 e. The van der Waals surface area contributed by atoms with E-state index in [0.29, 0.717) is 23.6 Å². The Bertz CT molecular complexity index is 1460. The average molecular weight is 540 g/mol. The van der Waals surface area contributed by atoms with Crippen LogP contribution in [-0.4, -0.2) is 27.3 Å². The first-order chi connectivity index (χ1) is 19.1. The minimum absolute atomic E-state index is 0.0444. The van der Waals surface area contributed by atoms with Gasteiger partial charge in [0.15, 0.2) is 0 Å². The molecule has 198 valence electrons. The van der Waals surface area contributed by atoms with Crippen molar-refractivity contribution >= 4 is 28.5 Å². The molecule has 3 aromatic carbocycles. The molecule has 0 bridgehead atoms. The van der Waals surface area contributed by atoms with Crippen LogP contribution in [0.2, 0.25) is 5.15 Å². The van der Waals surface area contributed by atoms with E-state index in [4.69, 9.17) is 26.2 Å². The highest BCUT2D eigenvalue weighted by Gasteiger charge is 2.41. The zero-order valence-electron chi connectivity index (χ0n) is 22.0. The molecule has 0 atom stereocenters. The van der Waals surface area contributed by atoms with Gasteiger partial charge in [0.05, 0.1) is 23.2 Å². The molecule has 0 aliphatic carbocycles. The second-order valence-electron chi connectivity index (χ2n) is 9.29. The van der Waals surface area contributed by atoms with Gasteiger partial charge in [-0.1, -0.05) is 116 Å². The molecule has 0 fully saturated rings. The molecule has 0 aliphatic heterocycles. The number of esters is 1. The van der Waals surface area contributed by atoms with E-state index < -0.39 is 11.5 Å². The van der Waals surface area contributed by atoms with Crippen LogP contribution in [0.4, 0.5) is 0 Å². The molecule has 0 spiro atoms. The quantitative estimate of drug-likeness (QED) is 0.0814. The van der Waals surface area contributed by atoms with Gasteiger partial charge in [0.2, 0.25) is 5.88 Å². The standard InChI is InChI=1S/C32H30ClN3O3/c1-3-4-20-38-31-30-27(22-39-23(2)37)34-29(33)21-28(30)36(35-31)32(24-14-8-5-9-15-24,25-16-10-6-11-17-25)26-18-12-7-13-19-26/h5-19,21H,3-4,20,22H2,1-2H3. The summed E-state index contributed by atoms with van der Waals surface area (Å²) in [6.07, 6.45) is 1.85. The number of hydrogen-bond donors (Lipinski definition) is 0. The summed E-state index contributed by atoms with van der Waals surface area (Å²) in [5.41, 5.74) is 3.38. The molecule has 0 saturated carbocycles. The Hall–Kier alpha value is -4.16. The lowest BCUT2D eigenvalue weighted by atomic mass is 9.77. The Morgan fingerprint density at radius 3 is 1.92 bits per heavy atom. The molecule has 0 N–H and O–H groups in total. The number of fused-ring (bicyclic) bond motifs is 1. The maximum Gasteiger partial charge on any atom is 0.303 e. The summed E-state index contributed by atoms with van der Waals surface area (Å²) in [6.45, 7) is 3.93. The van der Waals surface area contributed by atoms with Crippen LogP contribution in [0, 0.1) is 0 Å². The van der Waals surface area contributed by atoms with E-state index in [-0.39, 0.29) is 11.8 Å². The Balaban J connectivity index is 1.90. The Kier molecular flexibility index (Phi) is 7.94. The maximum absolute atomic E-state index is 11.7. The number of carbonyl (C=O) groups is 1. The summed E-state index contributed by atoms with van der Waals surface area (Å²) in [6, 6.07) is 32.6. The lowest BCUT2D eigenvalue weighted by molar-refractivity contribution is -0.142. The minimum Gasteiger partial charge on any atom is -0.476 e. The van der Waals surface area contributed by atoms with Crippen molar-refractivity contribution in [1.29, 1.82) is 0 Å². The van der Waals surface area contributed by atoms with Crippen molar-refractivity contribution in [2.45, 2.75) is 38.8 Å². The molecular weight excluding hydrogens is 510 g/mol. The van der Waals surface area contributed by atoms with Gasteiger partial charge in [-0.2, -0.15) is 0 Å². The van der Waals surface area contributed by atoms with E-state index in [1.54, 1.807) is 6.07 Å². The second-order valence-corrected chi connectivity index (χ2v) is 9.68. The first-order valence-electron chi connectivity index (χ1n) is 13.1. The van der Waals surface area contributed by atoms with Crippen LogP contribution in [0.3, 0.4) is 0 Å². The summed E-state index contributed by atoms with van der Waals surface area (Å²) < 4.78 is 13.6. The molecule has 0 radical (unpaired) electrons. The van der Waals surface area contributed by atoms with E-state index >= 15 is 0 Å². The third kappa shape index (κ3) is 5.12. The van der Waals surface area contributed by atoms with Crippen LogP contribution in [0.1, 0.15) is 49.1 Å². The van der Waals surface area contributed by atoms with Crippen molar-refractivity contribution in [3.63, 3.8) is 0 Å². The van der Waals surface area contributed by atoms with Crippen LogP contribution < -0.4 is 4.74 Å². The zero-order valence-corrected chi connectivity index (χ0v) is 22.8. The number of nitrogens with zero attached hydrogens (tertiary/aromatic N) is 3. The fraction of sp³-hybridized carbons (Fsp3) is 0.219. The summed E-state index contributed by atoms with van der Waals surface area (Å²) >= 11 is 6.60. The number of carbonyl (C=O) groups excluding carboxylic acids is 1. The molecule has 0 unspecified atom stereocenters. The van der Waals surface area contributed by atoms with E-state index in [0.717, 1.165) is 35.0 Å². The summed E-state index contributed by atoms with van der Waals surface area (Å²) in [5.74, 6) is 0.0231. The number of benzene rings is 3. The van der Waals surface area contributed by atoms with Crippen molar-refractivity contribution in [2.24, 2.45) is 0 Å². The van der Waals surface area contributed by atoms with E-state index in [1.165, 1.54) is 6.92 Å². The van der Waals surface area contributed by atoms with Crippen molar-refractivity contribution in [2.75, 3.05) is 6.61 Å². The number of unbranched alkanes of at least 4 members (excludes halogenated alkanes) is 1. The van der Waals surface area contributed by atoms with Crippen LogP contribution in [-0.2, 0) is 21.7 Å². The van der Waals surface area contributed by atoms with Crippen molar-refractivity contribution < 1.29 is 14.3 Å². The monoisotopic (exact) mass is 539 g/mol. The molecule has 5 aromatic rings. The highest BCUT2D eigenvalue weighted by molar-refractivity contribution is 6.30. The molecule has 0 aliphatic rings. The lowest BCUT2D eigenvalue weighted by Gasteiger charge is -2.36. The van der Waals surface area contributed by atoms with Crippen LogP contribution in [0.15, 0.2) is 97.1 Å². The second kappa shape index (κ2) is 11.7. The Morgan fingerprint density at radius 1 is 0.897 bits per heavy atom. The van der Waals surface area contributed by atoms with Crippen molar-refractivity contribution in [3.8, 4) is 5.88 Å². The molecule has 0 saturated heterocycles. The molecule has 0 amide bonds. The normalized spacial score (nSPS) is 11.5. The van der Waals surface area contributed by atoms with E-state index in [1.807, 2.05) is 59.3 Å². The number of aromatic nitrogens is 3. The third-order valence-corrected chi connectivity index (χ3v) is 6.91. The predicted octanol–water partition coefficient (Wildman–Crippen LogP) is 7.17. The molecule has 7 heteroatoms. The highest BCUT2D eigenvalue weighted by Crippen LogP contribution is 2.44. The van der Waals surface area contributed by atoms with Gasteiger partial charge in [-0.15, -0.1) is 5.10 Å². The lowest BCUT2D eigenvalue weighted by Crippen LogP contribution is -2.38. The first kappa shape index (κ1) is 26.4. The average Bonchev–Trinajstić information content (AvgIpc) is 3.32. The Labute approximate surface area is 233 Å². The fourth-order valence-corrected chi connectivity index (χ4v) is 5.20. The SMILES string of the molecule is CCCCOc1nn(C(c2ccccc2)(c2ccccc2)c2ccccc2)c2cc(Cl)nc(COC(C)=O)c12. The molecule has 5 rings (SSSR count). The number of halogens is 1. The number of ether oxygens (including phenoxy) is 2. The van der Waals surface area contributed by atoms with Gasteiger partial charge in [0, 0.05) is 13.0 Å². The van der Waals surface area contributed by atoms with Crippen LogP contribution in [0.25, 0.3) is 10.9 Å². The van der Waals surface area contributed by atoms with Crippen LogP contribution >= 0.6 is 11.6 Å². The van der Waals surface area contributed by atoms with Crippen molar-refractivity contribution in [1.82, 2.24) is 14.8 Å².